The summed E-state index contributed by atoms with van der Waals surface area (Å²) < 4.78 is 77.9. The number of aromatic nitrogens is 2. The number of rotatable bonds is 14. The molecule has 49 heavy (non-hydrogen) atoms. The summed E-state index contributed by atoms with van der Waals surface area (Å²) in [6.45, 7) is 6.89. The van der Waals surface area contributed by atoms with Gasteiger partial charge >= 0.3 is 13.8 Å². The van der Waals surface area contributed by atoms with Crippen LogP contribution in [0.3, 0.4) is 0 Å². The highest BCUT2D eigenvalue weighted by Gasteiger charge is 2.38. The predicted molar refractivity (Wildman–Crippen MR) is 180 cm³/mol. The van der Waals surface area contributed by atoms with E-state index in [2.05, 4.69) is 20.6 Å². The van der Waals surface area contributed by atoms with Crippen molar-refractivity contribution in [1.29, 1.82) is 0 Å². The van der Waals surface area contributed by atoms with Crippen LogP contribution in [0.25, 0.3) is 0 Å². The molecule has 0 unspecified atom stereocenters. The number of halogens is 3. The molecule has 0 atom stereocenters. The number of amides is 1. The van der Waals surface area contributed by atoms with Crippen molar-refractivity contribution >= 4 is 36.6 Å². The molecule has 2 aromatic carbocycles. The molecule has 2 aliphatic rings. The Balaban J connectivity index is 1.44. The van der Waals surface area contributed by atoms with Crippen LogP contribution in [-0.2, 0) is 37.2 Å². The van der Waals surface area contributed by atoms with Crippen LogP contribution in [0.15, 0.2) is 36.5 Å². The van der Waals surface area contributed by atoms with Crippen LogP contribution in [-0.4, -0.2) is 60.9 Å². The maximum absolute atomic E-state index is 14.2. The second-order valence-corrected chi connectivity index (χ2v) is 14.0. The molecule has 1 aromatic heterocycles. The molecule has 5 rings (SSSR count). The highest BCUT2D eigenvalue weighted by atomic mass is 31.2. The van der Waals surface area contributed by atoms with E-state index in [1.54, 1.807) is 50.1 Å². The highest BCUT2D eigenvalue weighted by molar-refractivity contribution is 7.53. The number of hydrogen-bond donors (Lipinski definition) is 2. The first kappa shape index (κ1) is 36.6. The van der Waals surface area contributed by atoms with Crippen molar-refractivity contribution < 1.29 is 41.1 Å². The molecule has 0 saturated heterocycles. The van der Waals surface area contributed by atoms with Crippen molar-refractivity contribution in [3.8, 4) is 5.75 Å². The lowest BCUT2D eigenvalue weighted by atomic mass is 9.80. The molecule has 3 aromatic rings. The second-order valence-electron chi connectivity index (χ2n) is 12.0. The molecule has 266 valence electrons. The normalized spacial score (nSPS) is 18.0. The minimum Gasteiger partial charge on any atom is -0.495 e. The van der Waals surface area contributed by atoms with Gasteiger partial charge in [0.2, 0.25) is 5.95 Å². The van der Waals surface area contributed by atoms with Crippen molar-refractivity contribution in [2.45, 2.75) is 77.4 Å². The molecule has 1 fully saturated rings. The third-order valence-corrected chi connectivity index (χ3v) is 10.8. The van der Waals surface area contributed by atoms with Gasteiger partial charge in [0.1, 0.15) is 17.1 Å². The Bertz CT molecular complexity index is 1690. The zero-order chi connectivity index (χ0) is 35.3. The molecule has 11 nitrogen and oxygen atoms in total. The van der Waals surface area contributed by atoms with E-state index < -0.39 is 25.2 Å². The fraction of sp³-hybridized carbons (Fsp3) is 0.500. The van der Waals surface area contributed by atoms with E-state index in [1.807, 2.05) is 13.0 Å². The van der Waals surface area contributed by atoms with Crippen LogP contribution < -0.4 is 15.4 Å². The number of carbonyl (C=O) groups excluding carboxylic acids is 1. The maximum Gasteiger partial charge on any atom is 0.421 e. The number of anilines is 4. The molecular formula is C34H43F3N5O6P. The molecule has 0 spiro atoms. The van der Waals surface area contributed by atoms with Gasteiger partial charge in [0.25, 0.3) is 5.91 Å². The SMILES string of the molecule is CCOP(=O)(Cc1ccc(Nc2ncc(C(F)(F)F)c(Nc3ccc([C@H]4CC[C@H](OCC)CC4)c4c3C(=O)N(C)C4)n2)c(OC)c1)OCC. The summed E-state index contributed by atoms with van der Waals surface area (Å²) in [6, 6.07) is 8.50. The Labute approximate surface area is 284 Å². The van der Waals surface area contributed by atoms with Crippen molar-refractivity contribution in [1.82, 2.24) is 14.9 Å². The summed E-state index contributed by atoms with van der Waals surface area (Å²) in [6.07, 6.45) is -0.223. The molecular weight excluding hydrogens is 662 g/mol. The van der Waals surface area contributed by atoms with Gasteiger partial charge in [0.05, 0.1) is 49.5 Å². The fourth-order valence-corrected chi connectivity index (χ4v) is 8.20. The van der Waals surface area contributed by atoms with Crippen molar-refractivity contribution in [3.05, 3.63) is 64.3 Å². The Morgan fingerprint density at radius 1 is 0.980 bits per heavy atom. The maximum atomic E-state index is 14.2. The van der Waals surface area contributed by atoms with Gasteiger partial charge in [-0.25, -0.2) is 4.98 Å². The van der Waals surface area contributed by atoms with E-state index in [-0.39, 0.29) is 48.9 Å². The summed E-state index contributed by atoms with van der Waals surface area (Å²) in [7, 11) is -0.283. The highest BCUT2D eigenvalue weighted by Crippen LogP contribution is 2.52. The molecule has 2 N–H and O–H groups in total. The molecule has 2 heterocycles. The molecule has 0 bridgehead atoms. The number of carbonyl (C=O) groups is 1. The number of hydrogen-bond acceptors (Lipinski definition) is 10. The van der Waals surface area contributed by atoms with Crippen molar-refractivity contribution in [2.24, 2.45) is 0 Å². The van der Waals surface area contributed by atoms with Gasteiger partial charge in [-0.05, 0) is 87.3 Å². The number of benzene rings is 2. The topological polar surface area (TPSA) is 124 Å². The van der Waals surface area contributed by atoms with E-state index in [4.69, 9.17) is 18.5 Å². The van der Waals surface area contributed by atoms with E-state index in [0.29, 0.717) is 41.9 Å². The van der Waals surface area contributed by atoms with Crippen LogP contribution in [0.4, 0.5) is 36.3 Å². The second kappa shape index (κ2) is 15.5. The van der Waals surface area contributed by atoms with Crippen LogP contribution in [0.5, 0.6) is 5.75 Å². The molecule has 0 radical (unpaired) electrons. The van der Waals surface area contributed by atoms with E-state index in [9.17, 15) is 22.5 Å². The standard InChI is InChI=1S/C34H43F3N5O6P/c1-6-46-23-12-10-22(11-13-23)24-14-16-28(30-25(24)19-42(4)32(30)43)39-31-26(34(35,36)37)18-38-33(41-31)40-27-15-9-21(17-29(27)45-5)20-49(44,47-7-2)48-8-3/h9,14-18,22-23H,6-8,10-13,19-20H2,1-5H3,(H2,38,39,40,41)/t22-,23-. The number of ether oxygens (including phenoxy) is 2. The quantitative estimate of drug-likeness (QED) is 0.158. The Hall–Kier alpha value is -3.71. The van der Waals surface area contributed by atoms with Gasteiger partial charge in [0, 0.05) is 26.4 Å². The largest absolute Gasteiger partial charge is 0.495 e. The Morgan fingerprint density at radius 3 is 2.31 bits per heavy atom. The first-order valence-corrected chi connectivity index (χ1v) is 18.2. The van der Waals surface area contributed by atoms with Crippen LogP contribution in [0.2, 0.25) is 0 Å². The third-order valence-electron chi connectivity index (χ3n) is 8.71. The van der Waals surface area contributed by atoms with Gasteiger partial charge in [-0.15, -0.1) is 0 Å². The zero-order valence-electron chi connectivity index (χ0n) is 28.4. The van der Waals surface area contributed by atoms with E-state index in [0.717, 1.165) is 36.8 Å². The molecule has 1 aliphatic carbocycles. The lowest BCUT2D eigenvalue weighted by Crippen LogP contribution is -2.21. The number of nitrogens with zero attached hydrogens (tertiary/aromatic N) is 3. The molecule has 1 saturated carbocycles. The number of fused-ring (bicyclic) bond motifs is 1. The Kier molecular flexibility index (Phi) is 11.5. The lowest BCUT2D eigenvalue weighted by Gasteiger charge is -2.30. The number of methoxy groups -OCH3 is 1. The summed E-state index contributed by atoms with van der Waals surface area (Å²) in [5.41, 5.74) is 2.33. The summed E-state index contributed by atoms with van der Waals surface area (Å²) in [5, 5.41) is 5.76. The van der Waals surface area contributed by atoms with Gasteiger partial charge in [-0.2, -0.15) is 18.2 Å². The molecule has 15 heteroatoms. The third kappa shape index (κ3) is 8.37. The van der Waals surface area contributed by atoms with Crippen molar-refractivity contribution in [2.75, 3.05) is 44.6 Å². The number of nitrogens with one attached hydrogen (secondary N) is 2. The number of alkyl halides is 3. The lowest BCUT2D eigenvalue weighted by molar-refractivity contribution is -0.137. The molecule has 1 aliphatic heterocycles. The fourth-order valence-electron chi connectivity index (χ4n) is 6.52. The zero-order valence-corrected chi connectivity index (χ0v) is 29.2. The van der Waals surface area contributed by atoms with Crippen LogP contribution in [0.1, 0.15) is 85.0 Å². The van der Waals surface area contributed by atoms with Gasteiger partial charge < -0.3 is 34.1 Å². The van der Waals surface area contributed by atoms with E-state index >= 15 is 0 Å². The molecule has 1 amide bonds. The minimum atomic E-state index is -4.78. The predicted octanol–water partition coefficient (Wildman–Crippen LogP) is 8.41. The minimum absolute atomic E-state index is 0.00171. The Morgan fingerprint density at radius 2 is 1.67 bits per heavy atom. The summed E-state index contributed by atoms with van der Waals surface area (Å²) in [5.74, 6) is -0.382. The van der Waals surface area contributed by atoms with Crippen LogP contribution >= 0.6 is 7.60 Å². The monoisotopic (exact) mass is 705 g/mol. The van der Waals surface area contributed by atoms with E-state index in [1.165, 1.54) is 7.11 Å². The van der Waals surface area contributed by atoms with Gasteiger partial charge in [-0.3, -0.25) is 9.36 Å². The summed E-state index contributed by atoms with van der Waals surface area (Å²) in [4.78, 5) is 23.1. The van der Waals surface area contributed by atoms with Gasteiger partial charge in [-0.1, -0.05) is 12.1 Å². The van der Waals surface area contributed by atoms with Gasteiger partial charge in [0.15, 0.2) is 0 Å². The average Bonchev–Trinajstić information content (AvgIpc) is 3.36. The first-order valence-electron chi connectivity index (χ1n) is 16.5. The first-order chi connectivity index (χ1) is 23.4. The smallest absolute Gasteiger partial charge is 0.421 e. The summed E-state index contributed by atoms with van der Waals surface area (Å²) >= 11 is 0. The average molecular weight is 706 g/mol. The van der Waals surface area contributed by atoms with Crippen molar-refractivity contribution in [3.63, 3.8) is 0 Å². The van der Waals surface area contributed by atoms with Crippen LogP contribution in [0, 0.1) is 0 Å².